The van der Waals surface area contributed by atoms with Crippen LogP contribution in [0.1, 0.15) is 12.5 Å². The molecule has 0 fully saturated rings. The Kier molecular flexibility index (Phi) is 2.27. The molecule has 2 nitrogen and oxygen atoms in total. The fourth-order valence-corrected chi connectivity index (χ4v) is 2.19. The van der Waals surface area contributed by atoms with Crippen LogP contribution in [0.3, 0.4) is 0 Å². The lowest BCUT2D eigenvalue weighted by molar-refractivity contribution is 0.678. The summed E-state index contributed by atoms with van der Waals surface area (Å²) in [7, 11) is 0. The number of rotatable bonds is 1. The normalized spacial score (nSPS) is 11.0. The van der Waals surface area contributed by atoms with Crippen molar-refractivity contribution in [2.45, 2.75) is 20.4 Å². The van der Waals surface area contributed by atoms with Crippen LogP contribution < -0.4 is 0 Å². The van der Waals surface area contributed by atoms with Crippen LogP contribution in [-0.4, -0.2) is 9.78 Å². The Balaban J connectivity index is 2.80. The van der Waals surface area contributed by atoms with Crippen molar-refractivity contribution in [1.29, 1.82) is 0 Å². The van der Waals surface area contributed by atoms with E-state index in [4.69, 9.17) is 0 Å². The van der Waals surface area contributed by atoms with Gasteiger partial charge in [0, 0.05) is 11.9 Å². The molecule has 0 unspecified atom stereocenters. The molecule has 0 aliphatic rings. The topological polar surface area (TPSA) is 17.8 Å². The Bertz CT molecular complexity index is 445. The zero-order chi connectivity index (χ0) is 9.42. The van der Waals surface area contributed by atoms with Crippen LogP contribution in [-0.2, 0) is 6.54 Å². The minimum absolute atomic E-state index is 0.933. The summed E-state index contributed by atoms with van der Waals surface area (Å²) in [4.78, 5) is 0. The van der Waals surface area contributed by atoms with Gasteiger partial charge < -0.3 is 0 Å². The molecule has 2 rings (SSSR count). The van der Waals surface area contributed by atoms with E-state index in [0.29, 0.717) is 0 Å². The second kappa shape index (κ2) is 3.29. The monoisotopic (exact) mass is 286 g/mol. The molecule has 0 bridgehead atoms. The summed E-state index contributed by atoms with van der Waals surface area (Å²) in [5.41, 5.74) is 2.53. The molecule has 13 heavy (non-hydrogen) atoms. The van der Waals surface area contributed by atoms with E-state index in [9.17, 15) is 0 Å². The number of nitrogens with zero attached hydrogens (tertiary/aromatic N) is 2. The summed E-state index contributed by atoms with van der Waals surface area (Å²) in [6.07, 6.45) is 0. The summed E-state index contributed by atoms with van der Waals surface area (Å²) in [6.45, 7) is 5.16. The highest BCUT2D eigenvalue weighted by atomic mass is 127. The Morgan fingerprint density at radius 2 is 2.23 bits per heavy atom. The van der Waals surface area contributed by atoms with Crippen molar-refractivity contribution < 1.29 is 0 Å². The largest absolute Gasteiger partial charge is 0.264 e. The van der Waals surface area contributed by atoms with Crippen molar-refractivity contribution in [3.8, 4) is 0 Å². The molecule has 0 spiro atoms. The SMILES string of the molecule is CCn1nc(I)c2cc(C)ccc21. The molecule has 1 heterocycles. The van der Waals surface area contributed by atoms with Crippen molar-refractivity contribution in [3.63, 3.8) is 0 Å². The maximum absolute atomic E-state index is 4.45. The fraction of sp³-hybridized carbons (Fsp3) is 0.300. The number of benzene rings is 1. The van der Waals surface area contributed by atoms with Gasteiger partial charge >= 0.3 is 0 Å². The Morgan fingerprint density at radius 1 is 1.46 bits per heavy atom. The van der Waals surface area contributed by atoms with Gasteiger partial charge in [0.1, 0.15) is 3.70 Å². The lowest BCUT2D eigenvalue weighted by Crippen LogP contribution is -1.95. The summed E-state index contributed by atoms with van der Waals surface area (Å²) < 4.78 is 3.13. The van der Waals surface area contributed by atoms with Gasteiger partial charge in [-0.3, -0.25) is 4.68 Å². The number of hydrogen-bond donors (Lipinski definition) is 0. The molecule has 68 valence electrons. The third-order valence-corrected chi connectivity index (χ3v) is 2.96. The third-order valence-electron chi connectivity index (χ3n) is 2.16. The molecule has 1 aromatic carbocycles. The second-order valence-electron chi connectivity index (χ2n) is 3.13. The van der Waals surface area contributed by atoms with Gasteiger partial charge in [0.2, 0.25) is 0 Å². The fourth-order valence-electron chi connectivity index (χ4n) is 1.49. The van der Waals surface area contributed by atoms with Gasteiger partial charge in [-0.25, -0.2) is 0 Å². The van der Waals surface area contributed by atoms with Gasteiger partial charge in [-0.05, 0) is 48.6 Å². The molecule has 2 aromatic rings. The zero-order valence-corrected chi connectivity index (χ0v) is 9.87. The molecule has 3 heteroatoms. The number of halogens is 1. The van der Waals surface area contributed by atoms with E-state index < -0.39 is 0 Å². The summed E-state index contributed by atoms with van der Waals surface area (Å²) in [6, 6.07) is 6.46. The maximum Gasteiger partial charge on any atom is 0.131 e. The lowest BCUT2D eigenvalue weighted by Gasteiger charge is -1.97. The van der Waals surface area contributed by atoms with Crippen LogP contribution in [0.2, 0.25) is 0 Å². The van der Waals surface area contributed by atoms with E-state index in [1.54, 1.807) is 0 Å². The van der Waals surface area contributed by atoms with Gasteiger partial charge in [-0.15, -0.1) is 0 Å². The molecule has 0 amide bonds. The first-order valence-electron chi connectivity index (χ1n) is 4.35. The van der Waals surface area contributed by atoms with E-state index >= 15 is 0 Å². The highest BCUT2D eigenvalue weighted by molar-refractivity contribution is 14.1. The molecule has 1 aromatic heterocycles. The van der Waals surface area contributed by atoms with Crippen LogP contribution in [0.25, 0.3) is 10.9 Å². The summed E-state index contributed by atoms with van der Waals surface area (Å²) in [5.74, 6) is 0. The molecule has 0 radical (unpaired) electrons. The molecule has 0 N–H and O–H groups in total. The lowest BCUT2D eigenvalue weighted by atomic mass is 10.2. The van der Waals surface area contributed by atoms with Crippen molar-refractivity contribution in [3.05, 3.63) is 27.5 Å². The molecule has 0 aliphatic heterocycles. The number of fused-ring (bicyclic) bond motifs is 1. The number of aromatic nitrogens is 2. The van der Waals surface area contributed by atoms with Crippen LogP contribution in [0, 0.1) is 10.6 Å². The quantitative estimate of drug-likeness (QED) is 0.737. The zero-order valence-electron chi connectivity index (χ0n) is 7.71. The van der Waals surface area contributed by atoms with Crippen LogP contribution in [0.5, 0.6) is 0 Å². The average molecular weight is 286 g/mol. The van der Waals surface area contributed by atoms with Crippen LogP contribution in [0.15, 0.2) is 18.2 Å². The predicted octanol–water partition coefficient (Wildman–Crippen LogP) is 2.97. The first-order chi connectivity index (χ1) is 6.22. The van der Waals surface area contributed by atoms with Crippen molar-refractivity contribution in [2.75, 3.05) is 0 Å². The third kappa shape index (κ3) is 1.45. The maximum atomic E-state index is 4.45. The van der Waals surface area contributed by atoms with Gasteiger partial charge in [0.15, 0.2) is 0 Å². The van der Waals surface area contributed by atoms with Crippen molar-refractivity contribution in [1.82, 2.24) is 9.78 Å². The van der Waals surface area contributed by atoms with E-state index in [2.05, 4.69) is 59.7 Å². The molecular weight excluding hydrogens is 275 g/mol. The van der Waals surface area contributed by atoms with E-state index in [0.717, 1.165) is 10.2 Å². The van der Waals surface area contributed by atoms with Gasteiger partial charge in [-0.1, -0.05) is 11.6 Å². The smallest absolute Gasteiger partial charge is 0.131 e. The molecule has 0 aliphatic carbocycles. The molecule has 0 saturated heterocycles. The van der Waals surface area contributed by atoms with E-state index in [-0.39, 0.29) is 0 Å². The number of hydrogen-bond acceptors (Lipinski definition) is 1. The summed E-state index contributed by atoms with van der Waals surface area (Å²) >= 11 is 2.29. The molecular formula is C10H11IN2. The van der Waals surface area contributed by atoms with Gasteiger partial charge in [0.05, 0.1) is 5.52 Å². The standard InChI is InChI=1S/C10H11IN2/c1-3-13-9-5-4-7(2)6-8(9)10(11)12-13/h4-6H,3H2,1-2H3. The first kappa shape index (κ1) is 8.99. The van der Waals surface area contributed by atoms with Gasteiger partial charge in [0.25, 0.3) is 0 Å². The van der Waals surface area contributed by atoms with E-state index in [1.807, 2.05) is 4.68 Å². The minimum Gasteiger partial charge on any atom is -0.264 e. The first-order valence-corrected chi connectivity index (χ1v) is 5.43. The number of aryl methyl sites for hydroxylation is 2. The summed E-state index contributed by atoms with van der Waals surface area (Å²) in [5, 5.41) is 5.72. The minimum atomic E-state index is 0.933. The highest BCUT2D eigenvalue weighted by Crippen LogP contribution is 2.21. The molecule has 0 saturated carbocycles. The Morgan fingerprint density at radius 3 is 2.92 bits per heavy atom. The van der Waals surface area contributed by atoms with E-state index in [1.165, 1.54) is 16.5 Å². The Labute approximate surface area is 91.1 Å². The second-order valence-corrected chi connectivity index (χ2v) is 4.15. The average Bonchev–Trinajstić information content (AvgIpc) is 2.43. The Hall–Kier alpha value is -0.580. The predicted molar refractivity (Wildman–Crippen MR) is 62.9 cm³/mol. The van der Waals surface area contributed by atoms with Crippen LogP contribution in [0.4, 0.5) is 0 Å². The van der Waals surface area contributed by atoms with Crippen molar-refractivity contribution in [2.24, 2.45) is 0 Å². The van der Waals surface area contributed by atoms with Crippen molar-refractivity contribution >= 4 is 33.5 Å². The van der Waals surface area contributed by atoms with Crippen LogP contribution >= 0.6 is 22.6 Å². The highest BCUT2D eigenvalue weighted by Gasteiger charge is 2.05. The van der Waals surface area contributed by atoms with Gasteiger partial charge in [-0.2, -0.15) is 5.10 Å². The molecule has 0 atom stereocenters.